The first-order valence-electron chi connectivity index (χ1n) is 7.90. The average molecular weight is 277 g/mol. The van der Waals surface area contributed by atoms with Gasteiger partial charge in [-0.3, -0.25) is 0 Å². The van der Waals surface area contributed by atoms with Gasteiger partial charge in [-0.25, -0.2) is 9.97 Å². The number of methoxy groups -OCH3 is 1. The van der Waals surface area contributed by atoms with E-state index in [0.29, 0.717) is 0 Å². The Labute approximate surface area is 122 Å². The zero-order chi connectivity index (χ0) is 14.4. The predicted octanol–water partition coefficient (Wildman–Crippen LogP) is 3.14. The van der Waals surface area contributed by atoms with Gasteiger partial charge in [-0.05, 0) is 39.0 Å². The Bertz CT molecular complexity index is 434. The number of aromatic nitrogens is 2. The summed E-state index contributed by atoms with van der Waals surface area (Å²) in [7, 11) is 1.74. The number of hydrogen-bond donors (Lipinski definition) is 1. The van der Waals surface area contributed by atoms with Crippen LogP contribution in [-0.4, -0.2) is 29.7 Å². The lowest BCUT2D eigenvalue weighted by atomic mass is 10.1. The van der Waals surface area contributed by atoms with Crippen molar-refractivity contribution in [1.82, 2.24) is 9.97 Å². The van der Waals surface area contributed by atoms with E-state index in [9.17, 15) is 0 Å². The standard InChI is InChI=1S/C16H27N3O/c1-4-10-17-16-13-8-6-5-7-9-14(13)18-15(19-16)11-12(2)20-3/h12H,4-11H2,1-3H3,(H,17,18,19). The van der Waals surface area contributed by atoms with Gasteiger partial charge in [0.05, 0.1) is 6.10 Å². The molecular formula is C16H27N3O. The van der Waals surface area contributed by atoms with Gasteiger partial charge < -0.3 is 10.1 Å². The molecule has 1 aliphatic carbocycles. The molecule has 0 saturated heterocycles. The number of aryl methyl sites for hydroxylation is 1. The van der Waals surface area contributed by atoms with E-state index in [0.717, 1.165) is 43.9 Å². The molecular weight excluding hydrogens is 250 g/mol. The molecule has 0 aromatic carbocycles. The predicted molar refractivity (Wildman–Crippen MR) is 82.2 cm³/mol. The summed E-state index contributed by atoms with van der Waals surface area (Å²) in [5.41, 5.74) is 2.61. The summed E-state index contributed by atoms with van der Waals surface area (Å²) in [4.78, 5) is 9.55. The number of ether oxygens (including phenoxy) is 1. The minimum atomic E-state index is 0.165. The van der Waals surface area contributed by atoms with Crippen LogP contribution in [0.3, 0.4) is 0 Å². The molecule has 4 nitrogen and oxygen atoms in total. The first kappa shape index (κ1) is 15.2. The third-order valence-electron chi connectivity index (χ3n) is 3.89. The van der Waals surface area contributed by atoms with E-state index in [1.165, 1.54) is 30.5 Å². The zero-order valence-electron chi connectivity index (χ0n) is 13.0. The summed E-state index contributed by atoms with van der Waals surface area (Å²) < 4.78 is 5.34. The topological polar surface area (TPSA) is 47.0 Å². The molecule has 0 fully saturated rings. The molecule has 1 atom stereocenters. The van der Waals surface area contributed by atoms with E-state index < -0.39 is 0 Å². The number of rotatable bonds is 6. The summed E-state index contributed by atoms with van der Waals surface area (Å²) in [6, 6.07) is 0. The summed E-state index contributed by atoms with van der Waals surface area (Å²) >= 11 is 0. The second-order valence-electron chi connectivity index (χ2n) is 5.65. The van der Waals surface area contributed by atoms with Crippen molar-refractivity contribution in [3.8, 4) is 0 Å². The average Bonchev–Trinajstić information content (AvgIpc) is 2.69. The van der Waals surface area contributed by atoms with E-state index in [-0.39, 0.29) is 6.10 Å². The molecule has 1 N–H and O–H groups in total. The maximum absolute atomic E-state index is 5.34. The van der Waals surface area contributed by atoms with E-state index in [2.05, 4.69) is 19.2 Å². The first-order valence-corrected chi connectivity index (χ1v) is 7.90. The second kappa shape index (κ2) is 7.58. The van der Waals surface area contributed by atoms with Crippen molar-refractivity contribution >= 4 is 5.82 Å². The van der Waals surface area contributed by atoms with Crippen molar-refractivity contribution in [2.24, 2.45) is 0 Å². The van der Waals surface area contributed by atoms with Gasteiger partial charge in [-0.2, -0.15) is 0 Å². The zero-order valence-corrected chi connectivity index (χ0v) is 13.0. The molecule has 0 saturated carbocycles. The maximum Gasteiger partial charge on any atom is 0.133 e. The lowest BCUT2D eigenvalue weighted by Gasteiger charge is -2.16. The molecule has 1 aliphatic rings. The summed E-state index contributed by atoms with van der Waals surface area (Å²) in [5, 5.41) is 3.49. The van der Waals surface area contributed by atoms with Crippen molar-refractivity contribution in [3.63, 3.8) is 0 Å². The Morgan fingerprint density at radius 3 is 2.75 bits per heavy atom. The quantitative estimate of drug-likeness (QED) is 0.811. The first-order chi connectivity index (χ1) is 9.74. The van der Waals surface area contributed by atoms with Gasteiger partial charge in [0.25, 0.3) is 0 Å². The fourth-order valence-electron chi connectivity index (χ4n) is 2.64. The van der Waals surface area contributed by atoms with E-state index in [1.54, 1.807) is 7.11 Å². The molecule has 0 spiro atoms. The Morgan fingerprint density at radius 2 is 2.00 bits per heavy atom. The molecule has 20 heavy (non-hydrogen) atoms. The molecule has 1 heterocycles. The summed E-state index contributed by atoms with van der Waals surface area (Å²) in [5.74, 6) is 1.98. The minimum absolute atomic E-state index is 0.165. The largest absolute Gasteiger partial charge is 0.381 e. The van der Waals surface area contributed by atoms with Crippen LogP contribution in [0.1, 0.15) is 56.6 Å². The maximum atomic E-state index is 5.34. The fraction of sp³-hybridized carbons (Fsp3) is 0.750. The lowest BCUT2D eigenvalue weighted by molar-refractivity contribution is 0.117. The molecule has 0 bridgehead atoms. The fourth-order valence-corrected chi connectivity index (χ4v) is 2.64. The monoisotopic (exact) mass is 277 g/mol. The van der Waals surface area contributed by atoms with Crippen LogP contribution < -0.4 is 5.32 Å². The van der Waals surface area contributed by atoms with E-state index in [1.807, 2.05) is 0 Å². The highest BCUT2D eigenvalue weighted by atomic mass is 16.5. The van der Waals surface area contributed by atoms with Crippen molar-refractivity contribution in [1.29, 1.82) is 0 Å². The van der Waals surface area contributed by atoms with Crippen LogP contribution in [0.2, 0.25) is 0 Å². The highest BCUT2D eigenvalue weighted by Gasteiger charge is 2.17. The molecule has 1 aromatic rings. The van der Waals surface area contributed by atoms with Gasteiger partial charge in [0.15, 0.2) is 0 Å². The van der Waals surface area contributed by atoms with Crippen LogP contribution in [0.4, 0.5) is 5.82 Å². The summed E-state index contributed by atoms with van der Waals surface area (Å²) in [6.45, 7) is 5.22. The van der Waals surface area contributed by atoms with Crippen molar-refractivity contribution in [3.05, 3.63) is 17.1 Å². The summed E-state index contributed by atoms with van der Waals surface area (Å²) in [6.07, 6.45) is 8.06. The van der Waals surface area contributed by atoms with Crippen molar-refractivity contribution in [2.75, 3.05) is 19.0 Å². The number of nitrogens with zero attached hydrogens (tertiary/aromatic N) is 2. The van der Waals surface area contributed by atoms with Crippen LogP contribution in [0.25, 0.3) is 0 Å². The Morgan fingerprint density at radius 1 is 1.20 bits per heavy atom. The van der Waals surface area contributed by atoms with E-state index >= 15 is 0 Å². The van der Waals surface area contributed by atoms with Crippen molar-refractivity contribution < 1.29 is 4.74 Å². The van der Waals surface area contributed by atoms with Gasteiger partial charge in [-0.15, -0.1) is 0 Å². The number of anilines is 1. The van der Waals surface area contributed by atoms with Gasteiger partial charge in [0, 0.05) is 31.3 Å². The van der Waals surface area contributed by atoms with Gasteiger partial charge in [0.2, 0.25) is 0 Å². The minimum Gasteiger partial charge on any atom is -0.381 e. The molecule has 1 aromatic heterocycles. The molecule has 112 valence electrons. The smallest absolute Gasteiger partial charge is 0.133 e. The van der Waals surface area contributed by atoms with E-state index in [4.69, 9.17) is 14.7 Å². The van der Waals surface area contributed by atoms with Crippen LogP contribution in [0.15, 0.2) is 0 Å². The molecule has 1 unspecified atom stereocenters. The number of nitrogens with one attached hydrogen (secondary N) is 1. The van der Waals surface area contributed by atoms with Crippen LogP contribution in [0.5, 0.6) is 0 Å². The third-order valence-corrected chi connectivity index (χ3v) is 3.89. The van der Waals surface area contributed by atoms with Gasteiger partial charge in [0.1, 0.15) is 11.6 Å². The molecule has 0 radical (unpaired) electrons. The highest BCUT2D eigenvalue weighted by Crippen LogP contribution is 2.25. The second-order valence-corrected chi connectivity index (χ2v) is 5.65. The van der Waals surface area contributed by atoms with Crippen molar-refractivity contribution in [2.45, 2.75) is 64.9 Å². The highest BCUT2D eigenvalue weighted by molar-refractivity contribution is 5.47. The van der Waals surface area contributed by atoms with Gasteiger partial charge in [-0.1, -0.05) is 13.3 Å². The molecule has 0 amide bonds. The molecule has 4 heteroatoms. The van der Waals surface area contributed by atoms with Crippen LogP contribution in [-0.2, 0) is 24.0 Å². The number of fused-ring (bicyclic) bond motifs is 1. The Hall–Kier alpha value is -1.16. The molecule has 2 rings (SSSR count). The third kappa shape index (κ3) is 3.92. The molecule has 0 aliphatic heterocycles. The van der Waals surface area contributed by atoms with Gasteiger partial charge >= 0.3 is 0 Å². The number of hydrogen-bond acceptors (Lipinski definition) is 4. The SMILES string of the molecule is CCCNc1nc(CC(C)OC)nc2c1CCCCC2. The van der Waals surface area contributed by atoms with Crippen LogP contribution >= 0.6 is 0 Å². The Kier molecular flexibility index (Phi) is 5.77. The Balaban J connectivity index is 2.28. The van der Waals surface area contributed by atoms with Crippen LogP contribution in [0, 0.1) is 0 Å². The lowest BCUT2D eigenvalue weighted by Crippen LogP contribution is -2.16. The normalized spacial score (nSPS) is 16.4.